The van der Waals surface area contributed by atoms with Gasteiger partial charge in [-0.15, -0.1) is 0 Å². The van der Waals surface area contributed by atoms with Crippen LogP contribution in [0.2, 0.25) is 0 Å². The number of carbonyl (C=O) groups excluding carboxylic acids is 2. The highest BCUT2D eigenvalue weighted by molar-refractivity contribution is 5.97. The van der Waals surface area contributed by atoms with Crippen LogP contribution in [-0.2, 0) is 11.0 Å². The molecule has 0 N–H and O–H groups in total. The molecule has 0 saturated carbocycles. The predicted octanol–water partition coefficient (Wildman–Crippen LogP) is 2.44. The van der Waals surface area contributed by atoms with Crippen molar-refractivity contribution < 1.29 is 27.5 Å². The van der Waals surface area contributed by atoms with Gasteiger partial charge in [0, 0.05) is 0 Å². The Labute approximate surface area is 88.8 Å². The van der Waals surface area contributed by atoms with Crippen LogP contribution in [0.5, 0.6) is 5.75 Å². The van der Waals surface area contributed by atoms with E-state index in [-0.39, 0.29) is 12.0 Å². The molecule has 0 amide bonds. The summed E-state index contributed by atoms with van der Waals surface area (Å²) < 4.78 is 41.3. The van der Waals surface area contributed by atoms with E-state index in [9.17, 15) is 22.8 Å². The average Bonchev–Trinajstić information content (AvgIpc) is 2.16. The largest absolute Gasteiger partial charge is 0.428 e. The maximum absolute atomic E-state index is 12.3. The molecule has 0 saturated heterocycles. The molecular weight excluding hydrogens is 225 g/mol. The van der Waals surface area contributed by atoms with E-state index >= 15 is 0 Å². The van der Waals surface area contributed by atoms with E-state index in [1.165, 1.54) is 6.92 Å². The summed E-state index contributed by atoms with van der Waals surface area (Å²) in [5.74, 6) is -0.872. The van der Waals surface area contributed by atoms with Crippen LogP contribution in [0.3, 0.4) is 0 Å². The first-order valence-electron chi connectivity index (χ1n) is 4.18. The van der Waals surface area contributed by atoms with Crippen molar-refractivity contribution in [1.29, 1.82) is 0 Å². The molecule has 1 aromatic carbocycles. The van der Waals surface area contributed by atoms with Crippen LogP contribution >= 0.6 is 0 Å². The molecule has 1 rings (SSSR count). The summed E-state index contributed by atoms with van der Waals surface area (Å²) >= 11 is 0. The van der Waals surface area contributed by atoms with E-state index in [1.807, 2.05) is 0 Å². The number of hydrogen-bond donors (Lipinski definition) is 0. The highest BCUT2D eigenvalue weighted by Gasteiger charge is 2.31. The number of halogens is 3. The lowest BCUT2D eigenvalue weighted by Crippen LogP contribution is -2.07. The Morgan fingerprint density at radius 2 is 2.00 bits per heavy atom. The van der Waals surface area contributed by atoms with Gasteiger partial charge in [0.25, 0.3) is 6.47 Å². The maximum Gasteiger partial charge on any atom is 0.416 e. The van der Waals surface area contributed by atoms with E-state index in [4.69, 9.17) is 0 Å². The molecule has 0 unspecified atom stereocenters. The molecule has 0 aromatic heterocycles. The average molecular weight is 232 g/mol. The Hall–Kier alpha value is -1.85. The van der Waals surface area contributed by atoms with E-state index in [1.54, 1.807) is 0 Å². The molecule has 0 fully saturated rings. The van der Waals surface area contributed by atoms with Crippen LogP contribution in [0.25, 0.3) is 0 Å². The lowest BCUT2D eigenvalue weighted by Gasteiger charge is -2.10. The Morgan fingerprint density at radius 1 is 1.38 bits per heavy atom. The van der Waals surface area contributed by atoms with Crippen molar-refractivity contribution in [2.75, 3.05) is 0 Å². The molecule has 0 radical (unpaired) electrons. The minimum atomic E-state index is -4.55. The first kappa shape index (κ1) is 12.2. The zero-order valence-electron chi connectivity index (χ0n) is 8.17. The van der Waals surface area contributed by atoms with Crippen LogP contribution in [0.1, 0.15) is 22.8 Å². The van der Waals surface area contributed by atoms with Crippen molar-refractivity contribution >= 4 is 12.3 Å². The maximum atomic E-state index is 12.3. The summed E-state index contributed by atoms with van der Waals surface area (Å²) in [5.41, 5.74) is -1.05. The van der Waals surface area contributed by atoms with Gasteiger partial charge in [0.1, 0.15) is 5.75 Å². The first-order chi connectivity index (χ1) is 7.36. The number of benzene rings is 1. The second-order valence-electron chi connectivity index (χ2n) is 2.98. The van der Waals surface area contributed by atoms with Gasteiger partial charge >= 0.3 is 6.18 Å². The summed E-state index contributed by atoms with van der Waals surface area (Å²) in [6.07, 6.45) is -4.55. The molecular formula is C10H7F3O3. The van der Waals surface area contributed by atoms with Gasteiger partial charge in [-0.3, -0.25) is 9.59 Å². The number of ether oxygens (including phenoxy) is 1. The predicted molar refractivity (Wildman–Crippen MR) is 48.1 cm³/mol. The van der Waals surface area contributed by atoms with E-state index < -0.39 is 23.3 Å². The summed E-state index contributed by atoms with van der Waals surface area (Å²) in [6, 6.07) is 2.35. The van der Waals surface area contributed by atoms with Gasteiger partial charge in [0.05, 0.1) is 11.1 Å². The molecule has 0 aliphatic carbocycles. The third kappa shape index (κ3) is 2.59. The Balaban J connectivity index is 3.27. The molecule has 1 aromatic rings. The fraction of sp³-hybridized carbons (Fsp3) is 0.200. The molecule has 16 heavy (non-hydrogen) atoms. The zero-order chi connectivity index (χ0) is 12.3. The van der Waals surface area contributed by atoms with Crippen LogP contribution in [0.4, 0.5) is 13.2 Å². The number of ketones is 1. The van der Waals surface area contributed by atoms with Gasteiger partial charge in [-0.25, -0.2) is 0 Å². The molecule has 0 aliphatic rings. The standard InChI is InChI=1S/C10H7F3O3/c1-6(15)8-3-2-7(10(11,12)13)4-9(8)16-5-14/h2-5H,1H3. The zero-order valence-corrected chi connectivity index (χ0v) is 8.17. The minimum Gasteiger partial charge on any atom is -0.428 e. The van der Waals surface area contributed by atoms with Crippen LogP contribution in [0, 0.1) is 0 Å². The normalized spacial score (nSPS) is 11.0. The van der Waals surface area contributed by atoms with Crippen LogP contribution in [0.15, 0.2) is 18.2 Å². The monoisotopic (exact) mass is 232 g/mol. The second kappa shape index (κ2) is 4.34. The number of alkyl halides is 3. The summed E-state index contributed by atoms with van der Waals surface area (Å²) in [6.45, 7) is 1.14. The molecule has 0 aliphatic heterocycles. The highest BCUT2D eigenvalue weighted by Crippen LogP contribution is 2.33. The lowest BCUT2D eigenvalue weighted by atomic mass is 10.1. The minimum absolute atomic E-state index is 0.0259. The second-order valence-corrected chi connectivity index (χ2v) is 2.98. The Kier molecular flexibility index (Phi) is 3.31. The van der Waals surface area contributed by atoms with Gasteiger partial charge in [-0.2, -0.15) is 13.2 Å². The SMILES string of the molecule is CC(=O)c1ccc(C(F)(F)F)cc1OC=O. The summed E-state index contributed by atoms with van der Waals surface area (Å²) in [4.78, 5) is 21.1. The Morgan fingerprint density at radius 3 is 2.44 bits per heavy atom. The van der Waals surface area contributed by atoms with Crippen molar-refractivity contribution in [3.63, 3.8) is 0 Å². The smallest absolute Gasteiger partial charge is 0.416 e. The van der Waals surface area contributed by atoms with Crippen molar-refractivity contribution in [1.82, 2.24) is 0 Å². The molecule has 0 atom stereocenters. The summed E-state index contributed by atoms with van der Waals surface area (Å²) in [7, 11) is 0. The molecule has 0 bridgehead atoms. The number of carbonyl (C=O) groups is 2. The van der Waals surface area contributed by atoms with Crippen molar-refractivity contribution in [2.45, 2.75) is 13.1 Å². The quantitative estimate of drug-likeness (QED) is 0.593. The van der Waals surface area contributed by atoms with E-state index in [0.29, 0.717) is 6.07 Å². The van der Waals surface area contributed by atoms with Crippen molar-refractivity contribution in [3.8, 4) is 5.75 Å². The van der Waals surface area contributed by atoms with Gasteiger partial charge in [-0.1, -0.05) is 0 Å². The van der Waals surface area contributed by atoms with Crippen molar-refractivity contribution in [3.05, 3.63) is 29.3 Å². The number of Topliss-reactive ketones (excluding diaryl/α,β-unsaturated/α-hetero) is 1. The third-order valence-corrected chi connectivity index (χ3v) is 1.86. The molecule has 86 valence electrons. The Bertz CT molecular complexity index is 424. The fourth-order valence-electron chi connectivity index (χ4n) is 1.14. The fourth-order valence-corrected chi connectivity index (χ4v) is 1.14. The van der Waals surface area contributed by atoms with Crippen molar-refractivity contribution in [2.24, 2.45) is 0 Å². The molecule has 0 heterocycles. The van der Waals surface area contributed by atoms with Gasteiger partial charge in [0.15, 0.2) is 5.78 Å². The number of hydrogen-bond acceptors (Lipinski definition) is 3. The molecule has 0 spiro atoms. The third-order valence-electron chi connectivity index (χ3n) is 1.86. The summed E-state index contributed by atoms with van der Waals surface area (Å²) in [5, 5.41) is 0. The van der Waals surface area contributed by atoms with E-state index in [0.717, 1.165) is 12.1 Å². The van der Waals surface area contributed by atoms with Crippen LogP contribution < -0.4 is 4.74 Å². The lowest BCUT2D eigenvalue weighted by molar-refractivity contribution is -0.138. The van der Waals surface area contributed by atoms with E-state index in [2.05, 4.69) is 4.74 Å². The first-order valence-corrected chi connectivity index (χ1v) is 4.18. The highest BCUT2D eigenvalue weighted by atomic mass is 19.4. The molecule has 6 heteroatoms. The molecule has 3 nitrogen and oxygen atoms in total. The van der Waals surface area contributed by atoms with Crippen LogP contribution in [-0.4, -0.2) is 12.3 Å². The van der Waals surface area contributed by atoms with Gasteiger partial charge < -0.3 is 4.74 Å². The van der Waals surface area contributed by atoms with Gasteiger partial charge in [0.2, 0.25) is 0 Å². The topological polar surface area (TPSA) is 43.4 Å². The van der Waals surface area contributed by atoms with Gasteiger partial charge in [-0.05, 0) is 25.1 Å². The number of rotatable bonds is 3.